The quantitative estimate of drug-likeness (QED) is 0.0153. The third-order valence-corrected chi connectivity index (χ3v) is 9.43. The largest absolute Gasteiger partial charge is 0.472 e. The van der Waals surface area contributed by atoms with E-state index in [-0.39, 0.29) is 32.6 Å². The number of unbranched alkanes of at least 4 members (excludes halogenated alkanes) is 10. The van der Waals surface area contributed by atoms with Gasteiger partial charge in [0, 0.05) is 19.4 Å². The molecule has 0 saturated carbocycles. The van der Waals surface area contributed by atoms with Crippen LogP contribution < -0.4 is 5.73 Å². The smallest absolute Gasteiger partial charge is 0.462 e. The Morgan fingerprint density at radius 1 is 0.632 bits per heavy atom. The fourth-order valence-electron chi connectivity index (χ4n) is 5.20. The normalized spacial score (nSPS) is 15.3. The number of hydrogen-bond acceptors (Lipinski definition) is 10. The number of esters is 2. The maximum Gasteiger partial charge on any atom is 0.472 e. The van der Waals surface area contributed by atoms with Crippen LogP contribution >= 0.6 is 7.82 Å². The summed E-state index contributed by atoms with van der Waals surface area (Å²) in [5.74, 6) is -1.14. The second-order valence-electron chi connectivity index (χ2n) is 13.9. The average Bonchev–Trinajstić information content (AvgIpc) is 3.19. The first-order valence-electron chi connectivity index (χ1n) is 21.3. The van der Waals surface area contributed by atoms with Crippen LogP contribution in [0.1, 0.15) is 142 Å². The molecule has 4 atom stereocenters. The molecule has 0 aliphatic heterocycles. The molecule has 0 saturated heterocycles. The van der Waals surface area contributed by atoms with Gasteiger partial charge in [-0.25, -0.2) is 4.57 Å². The molecular weight excluding hydrogens is 745 g/mol. The van der Waals surface area contributed by atoms with E-state index in [4.69, 9.17) is 24.3 Å². The Kier molecular flexibility index (Phi) is 37.9. The third kappa shape index (κ3) is 39.7. The summed E-state index contributed by atoms with van der Waals surface area (Å²) in [4.78, 5) is 34.8. The zero-order valence-corrected chi connectivity index (χ0v) is 35.9. The Labute approximate surface area is 344 Å². The van der Waals surface area contributed by atoms with Crippen LogP contribution in [0.2, 0.25) is 0 Å². The molecule has 0 aromatic heterocycles. The van der Waals surface area contributed by atoms with Crippen LogP contribution in [-0.4, -0.2) is 71.7 Å². The summed E-state index contributed by atoms with van der Waals surface area (Å²) in [5, 5.41) is 20.2. The molecule has 0 aromatic carbocycles. The first-order valence-corrected chi connectivity index (χ1v) is 22.8. The van der Waals surface area contributed by atoms with Gasteiger partial charge in [0.1, 0.15) is 6.61 Å². The molecular formula is C45H76NO10P. The number of carbonyl (C=O) groups is 2. The molecule has 57 heavy (non-hydrogen) atoms. The van der Waals surface area contributed by atoms with Crippen molar-refractivity contribution in [2.75, 3.05) is 26.4 Å². The lowest BCUT2D eigenvalue weighted by atomic mass is 10.1. The molecule has 1 unspecified atom stereocenters. The predicted molar refractivity (Wildman–Crippen MR) is 231 cm³/mol. The van der Waals surface area contributed by atoms with Crippen molar-refractivity contribution in [1.82, 2.24) is 0 Å². The Morgan fingerprint density at radius 3 is 1.84 bits per heavy atom. The standard InChI is InChI=1S/C45H76NO10P/c1-3-5-7-9-11-12-13-14-15-16-17-18-19-20-21-23-29-35-45(50)56-43(40-55-57(51,52)54-38-37-46)39-53-44(49)36-30-34-42(48)33-28-25-24-27-32-41(47)31-26-22-10-8-6-4-2/h14-15,17-18,20-22,24-28,32-33,41-43,47-48H,3-13,16,19,23,29-31,34-40,46H2,1-2H3,(H,51,52)/b15-14-,18-17-,21-20-,25-24+,26-22-,32-27+,33-28-/t41-,42-,43-/m1/s1. The molecule has 0 heterocycles. The zero-order valence-electron chi connectivity index (χ0n) is 35.0. The second-order valence-corrected chi connectivity index (χ2v) is 15.4. The summed E-state index contributed by atoms with van der Waals surface area (Å²) in [7, 11) is -4.45. The van der Waals surface area contributed by atoms with Gasteiger partial charge >= 0.3 is 19.8 Å². The number of phosphoric acid groups is 1. The number of hydrogen-bond donors (Lipinski definition) is 4. The molecule has 0 aromatic rings. The van der Waals surface area contributed by atoms with E-state index in [9.17, 15) is 29.3 Å². The number of allylic oxidation sites excluding steroid dienone is 11. The highest BCUT2D eigenvalue weighted by Gasteiger charge is 2.26. The molecule has 12 heteroatoms. The molecule has 11 nitrogen and oxygen atoms in total. The van der Waals surface area contributed by atoms with E-state index in [1.165, 1.54) is 57.8 Å². The van der Waals surface area contributed by atoms with Crippen molar-refractivity contribution < 1.29 is 47.8 Å². The van der Waals surface area contributed by atoms with Crippen LogP contribution in [-0.2, 0) is 32.7 Å². The lowest BCUT2D eigenvalue weighted by molar-refractivity contribution is -0.161. The number of nitrogens with two attached hydrogens (primary N) is 1. The molecule has 326 valence electrons. The van der Waals surface area contributed by atoms with E-state index in [1.807, 2.05) is 18.2 Å². The van der Waals surface area contributed by atoms with E-state index in [1.54, 1.807) is 36.5 Å². The highest BCUT2D eigenvalue weighted by atomic mass is 31.2. The average molecular weight is 822 g/mol. The number of aliphatic hydroxyl groups excluding tert-OH is 2. The Morgan fingerprint density at radius 2 is 1.18 bits per heavy atom. The molecule has 0 rings (SSSR count). The van der Waals surface area contributed by atoms with Crippen molar-refractivity contribution in [2.24, 2.45) is 5.73 Å². The molecule has 5 N–H and O–H groups in total. The Hall–Kier alpha value is -2.89. The van der Waals surface area contributed by atoms with Crippen molar-refractivity contribution >= 4 is 19.8 Å². The molecule has 0 bridgehead atoms. The summed E-state index contributed by atoms with van der Waals surface area (Å²) >= 11 is 0. The molecule has 0 aliphatic carbocycles. The SMILES string of the molecule is CCCCC/C=C\C[C@@H](O)/C=C/C=C/C=C\[C@@H](O)CCCC(=O)OC[C@H](COP(=O)(O)OCCN)OC(=O)CCC/C=C\C/C=C\C/C=C\CCCCCCCC. The lowest BCUT2D eigenvalue weighted by Gasteiger charge is -2.19. The number of phosphoric ester groups is 1. The van der Waals surface area contributed by atoms with E-state index in [0.717, 1.165) is 25.7 Å². The number of ether oxygens (including phenoxy) is 2. The summed E-state index contributed by atoms with van der Waals surface area (Å²) in [6.45, 7) is 3.30. The highest BCUT2D eigenvalue weighted by molar-refractivity contribution is 7.47. The molecule has 0 amide bonds. The minimum absolute atomic E-state index is 0.00548. The van der Waals surface area contributed by atoms with Gasteiger partial charge in [0.25, 0.3) is 0 Å². The topological polar surface area (TPSA) is 175 Å². The first kappa shape index (κ1) is 54.1. The van der Waals surface area contributed by atoms with Crippen LogP contribution in [0.3, 0.4) is 0 Å². The van der Waals surface area contributed by atoms with E-state index in [0.29, 0.717) is 32.1 Å². The summed E-state index contributed by atoms with van der Waals surface area (Å²) < 4.78 is 32.5. The van der Waals surface area contributed by atoms with Crippen molar-refractivity contribution in [3.8, 4) is 0 Å². The zero-order chi connectivity index (χ0) is 42.1. The first-order chi connectivity index (χ1) is 27.6. The fraction of sp³-hybridized carbons (Fsp3) is 0.644. The Balaban J connectivity index is 4.53. The van der Waals surface area contributed by atoms with Gasteiger partial charge in [0.2, 0.25) is 0 Å². The van der Waals surface area contributed by atoms with Crippen LogP contribution in [0, 0.1) is 0 Å². The Bertz CT molecular complexity index is 1240. The van der Waals surface area contributed by atoms with Gasteiger partial charge in [0.15, 0.2) is 6.10 Å². The van der Waals surface area contributed by atoms with Gasteiger partial charge in [-0.05, 0) is 70.6 Å². The number of rotatable bonds is 38. The van der Waals surface area contributed by atoms with Crippen molar-refractivity contribution in [3.63, 3.8) is 0 Å². The molecule has 0 fully saturated rings. The van der Waals surface area contributed by atoms with Crippen molar-refractivity contribution in [3.05, 3.63) is 85.1 Å². The van der Waals surface area contributed by atoms with E-state index in [2.05, 4.69) is 44.2 Å². The maximum atomic E-state index is 12.6. The third-order valence-electron chi connectivity index (χ3n) is 8.44. The van der Waals surface area contributed by atoms with Gasteiger partial charge in [-0.1, -0.05) is 144 Å². The lowest BCUT2D eigenvalue weighted by Crippen LogP contribution is -2.29. The minimum atomic E-state index is -4.45. The van der Waals surface area contributed by atoms with Crippen LogP contribution in [0.5, 0.6) is 0 Å². The van der Waals surface area contributed by atoms with Gasteiger partial charge in [-0.3, -0.25) is 18.6 Å². The molecule has 0 radical (unpaired) electrons. The minimum Gasteiger partial charge on any atom is -0.462 e. The maximum absolute atomic E-state index is 12.6. The van der Waals surface area contributed by atoms with Crippen LogP contribution in [0.25, 0.3) is 0 Å². The van der Waals surface area contributed by atoms with Gasteiger partial charge in [-0.15, -0.1) is 0 Å². The van der Waals surface area contributed by atoms with Crippen molar-refractivity contribution in [1.29, 1.82) is 0 Å². The van der Waals surface area contributed by atoms with Gasteiger partial charge < -0.3 is 30.3 Å². The molecule has 0 aliphatic rings. The van der Waals surface area contributed by atoms with Crippen LogP contribution in [0.15, 0.2) is 85.1 Å². The summed E-state index contributed by atoms with van der Waals surface area (Å²) in [6.07, 6.45) is 42.5. The number of carbonyl (C=O) groups excluding carboxylic acids is 2. The number of aliphatic hydroxyl groups is 2. The summed E-state index contributed by atoms with van der Waals surface area (Å²) in [6, 6.07) is 0. The van der Waals surface area contributed by atoms with E-state index >= 15 is 0 Å². The van der Waals surface area contributed by atoms with Crippen LogP contribution in [0.4, 0.5) is 0 Å². The molecule has 0 spiro atoms. The predicted octanol–water partition coefficient (Wildman–Crippen LogP) is 9.99. The van der Waals surface area contributed by atoms with Gasteiger partial charge in [0.05, 0.1) is 25.4 Å². The van der Waals surface area contributed by atoms with E-state index < -0.39 is 44.7 Å². The fourth-order valence-corrected chi connectivity index (χ4v) is 5.96. The van der Waals surface area contributed by atoms with Gasteiger partial charge in [-0.2, -0.15) is 0 Å². The monoisotopic (exact) mass is 822 g/mol. The second kappa shape index (κ2) is 39.9. The van der Waals surface area contributed by atoms with Crippen molar-refractivity contribution in [2.45, 2.75) is 161 Å². The summed E-state index contributed by atoms with van der Waals surface area (Å²) in [5.41, 5.74) is 5.32. The highest BCUT2D eigenvalue weighted by Crippen LogP contribution is 2.43.